The minimum Gasteiger partial charge on any atom is -0.465 e. The van der Waals surface area contributed by atoms with Gasteiger partial charge in [0.1, 0.15) is 0 Å². The number of amides is 1. The Bertz CT molecular complexity index is 735. The number of methoxy groups -OCH3 is 1. The average Bonchev–Trinajstić information content (AvgIpc) is 3.02. The smallest absolute Gasteiger partial charge is 0.337 e. The summed E-state index contributed by atoms with van der Waals surface area (Å²) in [5.74, 6) is -0.449. The van der Waals surface area contributed by atoms with Crippen molar-refractivity contribution in [2.24, 2.45) is 0 Å². The van der Waals surface area contributed by atoms with Crippen molar-refractivity contribution < 1.29 is 14.3 Å². The van der Waals surface area contributed by atoms with Gasteiger partial charge in [0.15, 0.2) is 0 Å². The van der Waals surface area contributed by atoms with Crippen molar-refractivity contribution in [3.63, 3.8) is 0 Å². The predicted octanol–water partition coefficient (Wildman–Crippen LogP) is 3.14. The van der Waals surface area contributed by atoms with E-state index in [0.717, 1.165) is 18.4 Å². The topological polar surface area (TPSA) is 55.4 Å². The van der Waals surface area contributed by atoms with Gasteiger partial charge in [-0.15, -0.1) is 0 Å². The third-order valence-corrected chi connectivity index (χ3v) is 4.12. The van der Waals surface area contributed by atoms with Gasteiger partial charge in [-0.3, -0.25) is 4.79 Å². The molecule has 3 rings (SSSR count). The molecule has 23 heavy (non-hydrogen) atoms. The van der Waals surface area contributed by atoms with Gasteiger partial charge in [-0.2, -0.15) is 0 Å². The number of carbonyl (C=O) groups is 2. The fourth-order valence-corrected chi connectivity index (χ4v) is 2.93. The summed E-state index contributed by atoms with van der Waals surface area (Å²) >= 11 is 0. The summed E-state index contributed by atoms with van der Waals surface area (Å²) in [7, 11) is 1.34. The van der Waals surface area contributed by atoms with Gasteiger partial charge in [0, 0.05) is 5.69 Å². The first-order valence-electron chi connectivity index (χ1n) is 7.74. The molecule has 0 spiro atoms. The molecule has 0 fully saturated rings. The summed E-state index contributed by atoms with van der Waals surface area (Å²) in [6.07, 6.45) is 3.82. The Kier molecular flexibility index (Phi) is 4.42. The molecule has 0 unspecified atom stereocenters. The maximum absolute atomic E-state index is 12.2. The Morgan fingerprint density at radius 2 is 1.78 bits per heavy atom. The van der Waals surface area contributed by atoms with E-state index in [1.807, 2.05) is 6.07 Å². The van der Waals surface area contributed by atoms with E-state index in [1.54, 1.807) is 24.3 Å². The number of ether oxygens (including phenoxy) is 1. The fraction of sp³-hybridized carbons (Fsp3) is 0.263. The Morgan fingerprint density at radius 1 is 1.04 bits per heavy atom. The van der Waals surface area contributed by atoms with E-state index in [2.05, 4.69) is 22.2 Å². The second kappa shape index (κ2) is 6.65. The number of esters is 1. The van der Waals surface area contributed by atoms with Gasteiger partial charge in [0.2, 0.25) is 5.91 Å². The molecule has 1 aliphatic rings. The number of hydrogen-bond donors (Lipinski definition) is 1. The van der Waals surface area contributed by atoms with Gasteiger partial charge in [-0.1, -0.05) is 18.2 Å². The van der Waals surface area contributed by atoms with E-state index in [-0.39, 0.29) is 11.9 Å². The van der Waals surface area contributed by atoms with E-state index in [4.69, 9.17) is 0 Å². The van der Waals surface area contributed by atoms with Crippen LogP contribution in [0.5, 0.6) is 0 Å². The van der Waals surface area contributed by atoms with Crippen molar-refractivity contribution in [3.05, 3.63) is 64.7 Å². The largest absolute Gasteiger partial charge is 0.465 e. The maximum Gasteiger partial charge on any atom is 0.337 e. The zero-order valence-electron chi connectivity index (χ0n) is 13.1. The molecular weight excluding hydrogens is 290 g/mol. The standard InChI is InChI=1S/C19H19NO3/c1-23-19(22)15-7-9-17(10-8-15)20-18(21)12-13-5-6-14-3-2-4-16(14)11-13/h5-11H,2-4,12H2,1H3,(H,20,21). The van der Waals surface area contributed by atoms with Crippen molar-refractivity contribution in [1.29, 1.82) is 0 Å². The Labute approximate surface area is 135 Å². The molecule has 1 aliphatic carbocycles. The van der Waals surface area contributed by atoms with Crippen molar-refractivity contribution in [2.75, 3.05) is 12.4 Å². The number of aryl methyl sites for hydroxylation is 2. The minimum absolute atomic E-state index is 0.0613. The van der Waals surface area contributed by atoms with Gasteiger partial charge in [0.25, 0.3) is 0 Å². The van der Waals surface area contributed by atoms with E-state index >= 15 is 0 Å². The normalized spacial score (nSPS) is 12.6. The Morgan fingerprint density at radius 3 is 2.52 bits per heavy atom. The van der Waals surface area contributed by atoms with Crippen molar-refractivity contribution in [1.82, 2.24) is 0 Å². The molecule has 0 saturated heterocycles. The van der Waals surface area contributed by atoms with Crippen LogP contribution in [0.2, 0.25) is 0 Å². The predicted molar refractivity (Wildman–Crippen MR) is 88.6 cm³/mol. The number of rotatable bonds is 4. The number of fused-ring (bicyclic) bond motifs is 1. The zero-order chi connectivity index (χ0) is 16.2. The third-order valence-electron chi connectivity index (χ3n) is 4.12. The van der Waals surface area contributed by atoms with Crippen molar-refractivity contribution in [3.8, 4) is 0 Å². The highest BCUT2D eigenvalue weighted by atomic mass is 16.5. The van der Waals surface area contributed by atoms with Crippen LogP contribution >= 0.6 is 0 Å². The molecule has 2 aromatic carbocycles. The number of benzene rings is 2. The van der Waals surface area contributed by atoms with E-state index in [0.29, 0.717) is 17.7 Å². The molecule has 118 valence electrons. The van der Waals surface area contributed by atoms with Crippen LogP contribution in [0.4, 0.5) is 5.69 Å². The molecule has 0 saturated carbocycles. The van der Waals surface area contributed by atoms with Gasteiger partial charge in [0.05, 0.1) is 19.1 Å². The molecule has 2 aromatic rings. The lowest BCUT2D eigenvalue weighted by Crippen LogP contribution is -2.14. The van der Waals surface area contributed by atoms with Crippen molar-refractivity contribution in [2.45, 2.75) is 25.7 Å². The summed E-state index contributed by atoms with van der Waals surface area (Å²) in [6.45, 7) is 0. The Hall–Kier alpha value is -2.62. The zero-order valence-corrected chi connectivity index (χ0v) is 13.1. The molecule has 4 nitrogen and oxygen atoms in total. The van der Waals surface area contributed by atoms with Crippen LogP contribution in [-0.2, 0) is 28.8 Å². The van der Waals surface area contributed by atoms with Gasteiger partial charge in [-0.25, -0.2) is 4.79 Å². The minimum atomic E-state index is -0.388. The number of anilines is 1. The van der Waals surface area contributed by atoms with Crippen LogP contribution in [0.25, 0.3) is 0 Å². The molecule has 0 bridgehead atoms. The van der Waals surface area contributed by atoms with Crippen LogP contribution in [0.3, 0.4) is 0 Å². The fourth-order valence-electron chi connectivity index (χ4n) is 2.93. The number of nitrogens with one attached hydrogen (secondary N) is 1. The van der Waals surface area contributed by atoms with E-state index in [1.165, 1.54) is 24.7 Å². The number of hydrogen-bond acceptors (Lipinski definition) is 3. The van der Waals surface area contributed by atoms with Gasteiger partial charge in [-0.05, 0) is 60.2 Å². The summed E-state index contributed by atoms with van der Waals surface area (Å²) in [5, 5.41) is 2.85. The molecular formula is C19H19NO3. The van der Waals surface area contributed by atoms with E-state index < -0.39 is 0 Å². The molecule has 1 amide bonds. The van der Waals surface area contributed by atoms with E-state index in [9.17, 15) is 9.59 Å². The second-order valence-corrected chi connectivity index (χ2v) is 5.75. The van der Waals surface area contributed by atoms with Crippen LogP contribution in [-0.4, -0.2) is 19.0 Å². The highest BCUT2D eigenvalue weighted by Crippen LogP contribution is 2.23. The second-order valence-electron chi connectivity index (χ2n) is 5.75. The van der Waals surface area contributed by atoms with Gasteiger partial charge < -0.3 is 10.1 Å². The summed E-state index contributed by atoms with van der Waals surface area (Å²) in [6, 6.07) is 13.0. The van der Waals surface area contributed by atoms with Crippen LogP contribution in [0.1, 0.15) is 33.5 Å². The van der Waals surface area contributed by atoms with Crippen LogP contribution in [0, 0.1) is 0 Å². The van der Waals surface area contributed by atoms with Crippen molar-refractivity contribution >= 4 is 17.6 Å². The Balaban J connectivity index is 1.62. The van der Waals surface area contributed by atoms with Crippen LogP contribution in [0.15, 0.2) is 42.5 Å². The third kappa shape index (κ3) is 3.59. The van der Waals surface area contributed by atoms with Crippen LogP contribution < -0.4 is 5.32 Å². The highest BCUT2D eigenvalue weighted by Gasteiger charge is 2.12. The summed E-state index contributed by atoms with van der Waals surface area (Å²) < 4.78 is 4.65. The molecule has 0 heterocycles. The molecule has 0 aromatic heterocycles. The molecule has 0 aliphatic heterocycles. The maximum atomic E-state index is 12.2. The molecule has 0 radical (unpaired) electrons. The lowest BCUT2D eigenvalue weighted by Gasteiger charge is -2.07. The van der Waals surface area contributed by atoms with Gasteiger partial charge >= 0.3 is 5.97 Å². The first-order valence-corrected chi connectivity index (χ1v) is 7.74. The monoisotopic (exact) mass is 309 g/mol. The summed E-state index contributed by atoms with van der Waals surface area (Å²) in [5.41, 5.74) is 4.95. The molecule has 0 atom stereocenters. The number of carbonyl (C=O) groups excluding carboxylic acids is 2. The summed E-state index contributed by atoms with van der Waals surface area (Å²) in [4.78, 5) is 23.5. The lowest BCUT2D eigenvalue weighted by atomic mass is 10.0. The SMILES string of the molecule is COC(=O)c1ccc(NC(=O)Cc2ccc3c(c2)CCC3)cc1. The molecule has 4 heteroatoms. The highest BCUT2D eigenvalue weighted by molar-refractivity contribution is 5.94. The molecule has 1 N–H and O–H groups in total. The first-order chi connectivity index (χ1) is 11.2. The first kappa shape index (κ1) is 15.3. The quantitative estimate of drug-likeness (QED) is 0.883. The lowest BCUT2D eigenvalue weighted by molar-refractivity contribution is -0.115. The average molecular weight is 309 g/mol.